The Bertz CT molecular complexity index is 706. The average molecular weight is 281 g/mol. The van der Waals surface area contributed by atoms with E-state index in [1.165, 1.54) is 16.5 Å². The minimum atomic E-state index is 0.144. The van der Waals surface area contributed by atoms with Gasteiger partial charge in [0, 0.05) is 37.4 Å². The van der Waals surface area contributed by atoms with Crippen molar-refractivity contribution in [3.8, 4) is 0 Å². The van der Waals surface area contributed by atoms with Crippen molar-refractivity contribution in [2.75, 3.05) is 13.2 Å². The number of hydrogen-bond donors (Lipinski definition) is 2. The van der Waals surface area contributed by atoms with E-state index >= 15 is 0 Å². The first kappa shape index (κ1) is 13.8. The van der Waals surface area contributed by atoms with Gasteiger partial charge < -0.3 is 15.0 Å². The van der Waals surface area contributed by atoms with Crippen LogP contribution in [0.5, 0.6) is 0 Å². The van der Waals surface area contributed by atoms with E-state index < -0.39 is 0 Å². The van der Waals surface area contributed by atoms with Gasteiger partial charge in [-0.1, -0.05) is 30.3 Å². The Labute approximate surface area is 124 Å². The molecule has 0 aliphatic rings. The molecule has 0 saturated heterocycles. The second-order valence-corrected chi connectivity index (χ2v) is 5.02. The van der Waals surface area contributed by atoms with Crippen LogP contribution in [0.25, 0.3) is 10.9 Å². The van der Waals surface area contributed by atoms with Crippen LogP contribution in [-0.2, 0) is 13.1 Å². The maximum atomic E-state index is 8.84. The van der Waals surface area contributed by atoms with E-state index in [1.54, 1.807) is 0 Å². The molecule has 0 saturated carbocycles. The summed E-state index contributed by atoms with van der Waals surface area (Å²) in [6, 6.07) is 14.6. The average Bonchev–Trinajstić information content (AvgIpc) is 2.93. The minimum absolute atomic E-state index is 0.144. The van der Waals surface area contributed by atoms with Gasteiger partial charge in [0.15, 0.2) is 0 Å². The van der Waals surface area contributed by atoms with Crippen LogP contribution in [0.4, 0.5) is 0 Å². The third-order valence-corrected chi connectivity index (χ3v) is 3.56. The molecule has 0 fully saturated rings. The predicted octanol–water partition coefficient (Wildman–Crippen LogP) is 2.17. The standard InChI is InChI=1S/C17H19N3O/c21-11-9-18-12-16-15-7-10-20(17(15)6-8-19-16)13-14-4-2-1-3-5-14/h1-8,10,18,21H,9,11-13H2. The van der Waals surface area contributed by atoms with E-state index in [4.69, 9.17) is 5.11 Å². The molecule has 3 rings (SSSR count). The third-order valence-electron chi connectivity index (χ3n) is 3.56. The van der Waals surface area contributed by atoms with Crippen molar-refractivity contribution in [2.45, 2.75) is 13.1 Å². The van der Waals surface area contributed by atoms with Crippen LogP contribution in [0, 0.1) is 0 Å². The van der Waals surface area contributed by atoms with Crippen LogP contribution in [0.2, 0.25) is 0 Å². The highest BCUT2D eigenvalue weighted by Gasteiger charge is 2.06. The highest BCUT2D eigenvalue weighted by atomic mass is 16.3. The molecule has 0 unspecified atom stereocenters. The van der Waals surface area contributed by atoms with Gasteiger partial charge in [-0.15, -0.1) is 0 Å². The van der Waals surface area contributed by atoms with Crippen molar-refractivity contribution in [3.05, 3.63) is 66.1 Å². The van der Waals surface area contributed by atoms with Crippen LogP contribution in [0.15, 0.2) is 54.9 Å². The number of aliphatic hydroxyl groups is 1. The van der Waals surface area contributed by atoms with Gasteiger partial charge in [-0.3, -0.25) is 4.98 Å². The largest absolute Gasteiger partial charge is 0.395 e. The van der Waals surface area contributed by atoms with Crippen molar-refractivity contribution in [2.24, 2.45) is 0 Å². The summed E-state index contributed by atoms with van der Waals surface area (Å²) in [5.41, 5.74) is 3.49. The van der Waals surface area contributed by atoms with E-state index in [1.807, 2.05) is 18.3 Å². The zero-order chi connectivity index (χ0) is 14.5. The molecule has 0 aliphatic heterocycles. The van der Waals surface area contributed by atoms with Gasteiger partial charge >= 0.3 is 0 Å². The Morgan fingerprint density at radius 3 is 2.76 bits per heavy atom. The monoisotopic (exact) mass is 281 g/mol. The van der Waals surface area contributed by atoms with Crippen molar-refractivity contribution in [1.29, 1.82) is 0 Å². The molecule has 0 atom stereocenters. The molecule has 2 N–H and O–H groups in total. The smallest absolute Gasteiger partial charge is 0.0635 e. The van der Waals surface area contributed by atoms with Crippen LogP contribution in [0.1, 0.15) is 11.3 Å². The normalized spacial score (nSPS) is 11.1. The van der Waals surface area contributed by atoms with E-state index in [-0.39, 0.29) is 6.61 Å². The Morgan fingerprint density at radius 1 is 1.10 bits per heavy atom. The molecule has 21 heavy (non-hydrogen) atoms. The molecule has 4 heteroatoms. The maximum Gasteiger partial charge on any atom is 0.0635 e. The molecule has 2 aromatic heterocycles. The molecule has 4 nitrogen and oxygen atoms in total. The first-order valence-electron chi connectivity index (χ1n) is 7.16. The first-order chi connectivity index (χ1) is 10.4. The topological polar surface area (TPSA) is 50.1 Å². The highest BCUT2D eigenvalue weighted by Crippen LogP contribution is 2.19. The summed E-state index contributed by atoms with van der Waals surface area (Å²) >= 11 is 0. The molecule has 0 aliphatic carbocycles. The zero-order valence-electron chi connectivity index (χ0n) is 11.9. The molecule has 0 bridgehead atoms. The summed E-state index contributed by atoms with van der Waals surface area (Å²) in [7, 11) is 0. The molecule has 0 amide bonds. The fraction of sp³-hybridized carbons (Fsp3) is 0.235. The number of aliphatic hydroxyl groups excluding tert-OH is 1. The van der Waals surface area contributed by atoms with Crippen molar-refractivity contribution < 1.29 is 5.11 Å². The summed E-state index contributed by atoms with van der Waals surface area (Å²) < 4.78 is 2.24. The lowest BCUT2D eigenvalue weighted by atomic mass is 10.2. The number of nitrogens with zero attached hydrogens (tertiary/aromatic N) is 2. The zero-order valence-corrected chi connectivity index (χ0v) is 11.9. The minimum Gasteiger partial charge on any atom is -0.395 e. The molecular formula is C17H19N3O. The Balaban J connectivity index is 1.86. The van der Waals surface area contributed by atoms with Crippen molar-refractivity contribution >= 4 is 10.9 Å². The van der Waals surface area contributed by atoms with Gasteiger partial charge in [0.25, 0.3) is 0 Å². The molecule has 108 valence electrons. The lowest BCUT2D eigenvalue weighted by Crippen LogP contribution is -2.18. The number of benzene rings is 1. The number of hydrogen-bond acceptors (Lipinski definition) is 3. The van der Waals surface area contributed by atoms with Crippen molar-refractivity contribution in [1.82, 2.24) is 14.9 Å². The lowest BCUT2D eigenvalue weighted by molar-refractivity contribution is 0.292. The highest BCUT2D eigenvalue weighted by molar-refractivity contribution is 5.82. The van der Waals surface area contributed by atoms with Crippen LogP contribution in [-0.4, -0.2) is 27.8 Å². The summed E-state index contributed by atoms with van der Waals surface area (Å²) in [6.07, 6.45) is 3.95. The van der Waals surface area contributed by atoms with E-state index in [9.17, 15) is 0 Å². The van der Waals surface area contributed by atoms with E-state index in [0.717, 1.165) is 12.2 Å². The van der Waals surface area contributed by atoms with Crippen LogP contribution < -0.4 is 5.32 Å². The number of rotatable bonds is 6. The Hall–Kier alpha value is -2.17. The summed E-state index contributed by atoms with van der Waals surface area (Å²) in [6.45, 7) is 2.26. The summed E-state index contributed by atoms with van der Waals surface area (Å²) in [5.74, 6) is 0. The Morgan fingerprint density at radius 2 is 1.95 bits per heavy atom. The molecular weight excluding hydrogens is 262 g/mol. The number of aromatic nitrogens is 2. The fourth-order valence-corrected chi connectivity index (χ4v) is 2.53. The quantitative estimate of drug-likeness (QED) is 0.681. The van der Waals surface area contributed by atoms with Crippen molar-refractivity contribution in [3.63, 3.8) is 0 Å². The molecule has 2 heterocycles. The van der Waals surface area contributed by atoms with Crippen LogP contribution in [0.3, 0.4) is 0 Å². The fourth-order valence-electron chi connectivity index (χ4n) is 2.53. The van der Waals surface area contributed by atoms with Gasteiger partial charge in [0.1, 0.15) is 0 Å². The Kier molecular flexibility index (Phi) is 4.28. The summed E-state index contributed by atoms with van der Waals surface area (Å²) in [5, 5.41) is 13.2. The van der Waals surface area contributed by atoms with Gasteiger partial charge in [-0.2, -0.15) is 0 Å². The summed E-state index contributed by atoms with van der Waals surface area (Å²) in [4.78, 5) is 4.44. The SMILES string of the molecule is OCCNCc1nccc2c1ccn2Cc1ccccc1. The molecule has 0 spiro atoms. The van der Waals surface area contributed by atoms with Gasteiger partial charge in [-0.25, -0.2) is 0 Å². The number of pyridine rings is 1. The predicted molar refractivity (Wildman–Crippen MR) is 84.1 cm³/mol. The molecule has 0 radical (unpaired) electrons. The first-order valence-corrected chi connectivity index (χ1v) is 7.16. The second kappa shape index (κ2) is 6.52. The maximum absolute atomic E-state index is 8.84. The van der Waals surface area contributed by atoms with Gasteiger partial charge in [0.2, 0.25) is 0 Å². The van der Waals surface area contributed by atoms with Gasteiger partial charge in [-0.05, 0) is 17.7 Å². The van der Waals surface area contributed by atoms with Crippen LogP contribution >= 0.6 is 0 Å². The lowest BCUT2D eigenvalue weighted by Gasteiger charge is -2.07. The number of fused-ring (bicyclic) bond motifs is 1. The third kappa shape index (κ3) is 3.12. The molecule has 1 aromatic carbocycles. The molecule has 3 aromatic rings. The second-order valence-electron chi connectivity index (χ2n) is 5.02. The van der Waals surface area contributed by atoms with Gasteiger partial charge in [0.05, 0.1) is 17.8 Å². The number of nitrogens with one attached hydrogen (secondary N) is 1. The van der Waals surface area contributed by atoms with E-state index in [2.05, 4.69) is 51.4 Å². The van der Waals surface area contributed by atoms with E-state index in [0.29, 0.717) is 13.1 Å².